The van der Waals surface area contributed by atoms with Crippen LogP contribution in [0.4, 0.5) is 5.82 Å². The maximum absolute atomic E-state index is 13.8. The highest BCUT2D eigenvalue weighted by molar-refractivity contribution is 7.92. The van der Waals surface area contributed by atoms with Crippen molar-refractivity contribution in [2.45, 2.75) is 18.4 Å². The Bertz CT molecular complexity index is 1500. The molecule has 7 nitrogen and oxygen atoms in total. The topological polar surface area (TPSA) is 92.5 Å². The van der Waals surface area contributed by atoms with Gasteiger partial charge in [0.15, 0.2) is 5.82 Å². The number of carboxylic acid groups (broad SMARTS) is 1. The number of hydrogen-bond acceptors (Lipinski definition) is 4. The number of nitrogens with zero attached hydrogens (tertiary/aromatic N) is 3. The molecule has 10 heteroatoms. The van der Waals surface area contributed by atoms with E-state index in [0.717, 1.165) is 20.8 Å². The molecule has 0 unspecified atom stereocenters. The first kappa shape index (κ1) is 23.1. The van der Waals surface area contributed by atoms with Gasteiger partial charge in [-0.15, -0.1) is 0 Å². The third-order valence-corrected chi connectivity index (χ3v) is 7.67. The number of benzene rings is 2. The first-order valence-electron chi connectivity index (χ1n) is 9.79. The second-order valence-electron chi connectivity index (χ2n) is 7.58. The Labute approximate surface area is 200 Å². The molecule has 33 heavy (non-hydrogen) atoms. The van der Waals surface area contributed by atoms with Crippen LogP contribution in [0.3, 0.4) is 0 Å². The predicted octanol–water partition coefficient (Wildman–Crippen LogP) is 5.28. The van der Waals surface area contributed by atoms with Crippen molar-refractivity contribution in [3.05, 3.63) is 87.7 Å². The Kier molecular flexibility index (Phi) is 6.09. The molecule has 1 N–H and O–H groups in total. The summed E-state index contributed by atoms with van der Waals surface area (Å²) in [4.78, 5) is 15.4. The molecular weight excluding hydrogens is 485 g/mol. The zero-order valence-electron chi connectivity index (χ0n) is 17.7. The predicted molar refractivity (Wildman–Crippen MR) is 129 cm³/mol. The Hall–Kier alpha value is -3.07. The Morgan fingerprint density at radius 2 is 1.88 bits per heavy atom. The van der Waals surface area contributed by atoms with Gasteiger partial charge in [-0.2, -0.15) is 0 Å². The van der Waals surface area contributed by atoms with E-state index in [-0.39, 0.29) is 32.9 Å². The smallest absolute Gasteiger partial charge is 0.335 e. The van der Waals surface area contributed by atoms with E-state index in [2.05, 4.69) is 4.98 Å². The van der Waals surface area contributed by atoms with Crippen LogP contribution in [0, 0.1) is 6.92 Å². The van der Waals surface area contributed by atoms with Crippen LogP contribution in [0.15, 0.2) is 65.8 Å². The van der Waals surface area contributed by atoms with Gasteiger partial charge in [0.25, 0.3) is 10.0 Å². The number of aromatic nitrogens is 2. The summed E-state index contributed by atoms with van der Waals surface area (Å²) in [5.74, 6) is -1.12. The lowest BCUT2D eigenvalue weighted by Crippen LogP contribution is -2.32. The van der Waals surface area contributed by atoms with Gasteiger partial charge in [-0.05, 0) is 65.9 Å². The number of anilines is 1. The molecule has 0 aliphatic rings. The van der Waals surface area contributed by atoms with Crippen LogP contribution in [-0.2, 0) is 23.6 Å². The molecular formula is C23H19Cl2N3O4S. The van der Waals surface area contributed by atoms with Crippen LogP contribution >= 0.6 is 23.2 Å². The molecule has 0 atom stereocenters. The summed E-state index contributed by atoms with van der Waals surface area (Å²) in [6, 6.07) is 12.9. The third kappa shape index (κ3) is 4.42. The molecule has 2 aromatic heterocycles. The zero-order valence-corrected chi connectivity index (χ0v) is 20.0. The van der Waals surface area contributed by atoms with Crippen LogP contribution in [0.5, 0.6) is 0 Å². The van der Waals surface area contributed by atoms with Crippen molar-refractivity contribution in [2.75, 3.05) is 4.31 Å². The highest BCUT2D eigenvalue weighted by Crippen LogP contribution is 2.33. The van der Waals surface area contributed by atoms with E-state index in [1.54, 1.807) is 6.92 Å². The second kappa shape index (κ2) is 8.70. The highest BCUT2D eigenvalue weighted by Gasteiger charge is 2.30. The zero-order chi connectivity index (χ0) is 23.9. The number of carbonyl (C=O) groups is 1. The summed E-state index contributed by atoms with van der Waals surface area (Å²) in [6.45, 7) is 1.51. The van der Waals surface area contributed by atoms with Gasteiger partial charge in [0.2, 0.25) is 0 Å². The maximum atomic E-state index is 13.8. The number of aryl methyl sites for hydroxylation is 2. The van der Waals surface area contributed by atoms with Crippen LogP contribution in [-0.4, -0.2) is 29.0 Å². The molecule has 0 aliphatic carbocycles. The van der Waals surface area contributed by atoms with E-state index in [4.69, 9.17) is 23.2 Å². The van der Waals surface area contributed by atoms with Gasteiger partial charge in [-0.25, -0.2) is 22.5 Å². The Morgan fingerprint density at radius 1 is 1.12 bits per heavy atom. The van der Waals surface area contributed by atoms with E-state index >= 15 is 0 Å². The molecule has 0 aliphatic heterocycles. The van der Waals surface area contributed by atoms with Gasteiger partial charge in [0.1, 0.15) is 0 Å². The van der Waals surface area contributed by atoms with E-state index in [9.17, 15) is 18.3 Å². The highest BCUT2D eigenvalue weighted by atomic mass is 35.5. The summed E-state index contributed by atoms with van der Waals surface area (Å²) in [6.07, 6.45) is 3.25. The van der Waals surface area contributed by atoms with Crippen molar-refractivity contribution in [1.29, 1.82) is 0 Å². The molecule has 0 amide bonds. The van der Waals surface area contributed by atoms with Crippen LogP contribution in [0.1, 0.15) is 21.5 Å². The molecule has 0 spiro atoms. The molecule has 4 aromatic rings. The quantitative estimate of drug-likeness (QED) is 0.386. The second-order valence-corrected chi connectivity index (χ2v) is 10.3. The van der Waals surface area contributed by atoms with Crippen LogP contribution in [0.2, 0.25) is 10.0 Å². The Morgan fingerprint density at radius 3 is 2.55 bits per heavy atom. The fraction of sp³-hybridized carbons (Fsp3) is 0.130. The summed E-state index contributed by atoms with van der Waals surface area (Å²) >= 11 is 12.3. The molecule has 0 radical (unpaired) electrons. The minimum Gasteiger partial charge on any atom is -0.478 e. The van der Waals surface area contributed by atoms with Crippen molar-refractivity contribution < 1.29 is 18.3 Å². The van der Waals surface area contributed by atoms with Crippen molar-refractivity contribution in [1.82, 2.24) is 9.55 Å². The van der Waals surface area contributed by atoms with Gasteiger partial charge in [0.05, 0.1) is 27.0 Å². The molecule has 4 rings (SSSR count). The van der Waals surface area contributed by atoms with E-state index < -0.39 is 16.0 Å². The number of carboxylic acids is 1. The molecule has 0 saturated carbocycles. The molecule has 0 saturated heterocycles. The SMILES string of the molecule is Cc1cc(C(=O)O)ccc1S(=O)(=O)N(Cc1ccc2c(ccn2C)c1)c1ncc(Cl)cc1Cl. The monoisotopic (exact) mass is 503 g/mol. The van der Waals surface area contributed by atoms with E-state index in [1.165, 1.54) is 30.5 Å². The van der Waals surface area contributed by atoms with Gasteiger partial charge in [-0.1, -0.05) is 29.3 Å². The van der Waals surface area contributed by atoms with Gasteiger partial charge in [-0.3, -0.25) is 0 Å². The van der Waals surface area contributed by atoms with Gasteiger partial charge < -0.3 is 9.67 Å². The first-order valence-corrected chi connectivity index (χ1v) is 12.0. The average Bonchev–Trinajstić information content (AvgIpc) is 3.12. The number of fused-ring (bicyclic) bond motifs is 1. The average molecular weight is 504 g/mol. The molecule has 2 heterocycles. The fourth-order valence-electron chi connectivity index (χ4n) is 3.65. The normalized spacial score (nSPS) is 11.6. The van der Waals surface area contributed by atoms with Crippen LogP contribution < -0.4 is 4.31 Å². The van der Waals surface area contributed by atoms with Crippen LogP contribution in [0.25, 0.3) is 10.9 Å². The standard InChI is InChI=1S/C23H19Cl2N3O4S/c1-14-9-17(23(29)30)4-6-21(14)33(31,32)28(22-19(25)11-18(24)12-26-22)13-15-3-5-20-16(10-15)7-8-27(20)2/h3-12H,13H2,1-2H3,(H,29,30). The van der Waals surface area contributed by atoms with E-state index in [0.29, 0.717) is 5.56 Å². The van der Waals surface area contributed by atoms with Gasteiger partial charge in [0, 0.05) is 25.0 Å². The fourth-order valence-corrected chi connectivity index (χ4v) is 5.82. The summed E-state index contributed by atoms with van der Waals surface area (Å²) in [5, 5.41) is 10.5. The summed E-state index contributed by atoms with van der Waals surface area (Å²) < 4.78 is 30.7. The number of pyridine rings is 1. The third-order valence-electron chi connectivity index (χ3n) is 5.29. The number of halogens is 2. The summed E-state index contributed by atoms with van der Waals surface area (Å²) in [7, 11) is -2.23. The van der Waals surface area contributed by atoms with Crippen molar-refractivity contribution in [2.24, 2.45) is 7.05 Å². The summed E-state index contributed by atoms with van der Waals surface area (Å²) in [5.41, 5.74) is 2.03. The number of hydrogen-bond donors (Lipinski definition) is 1. The number of aromatic carboxylic acids is 1. The lowest BCUT2D eigenvalue weighted by Gasteiger charge is -2.25. The van der Waals surface area contributed by atoms with E-state index in [1.807, 2.05) is 42.1 Å². The minimum atomic E-state index is -4.16. The van der Waals surface area contributed by atoms with Crippen molar-refractivity contribution in [3.8, 4) is 0 Å². The Balaban J connectivity index is 1.85. The number of sulfonamides is 1. The largest absolute Gasteiger partial charge is 0.478 e. The van der Waals surface area contributed by atoms with Crippen molar-refractivity contribution >= 4 is 55.9 Å². The van der Waals surface area contributed by atoms with Gasteiger partial charge >= 0.3 is 5.97 Å². The molecule has 0 fully saturated rings. The lowest BCUT2D eigenvalue weighted by atomic mass is 10.1. The molecule has 2 aromatic carbocycles. The first-order chi connectivity index (χ1) is 15.6. The maximum Gasteiger partial charge on any atom is 0.335 e. The number of rotatable bonds is 6. The van der Waals surface area contributed by atoms with Crippen molar-refractivity contribution in [3.63, 3.8) is 0 Å². The molecule has 0 bridgehead atoms. The molecule has 170 valence electrons. The minimum absolute atomic E-state index is 0.00446. The lowest BCUT2D eigenvalue weighted by molar-refractivity contribution is 0.0696.